The van der Waals surface area contributed by atoms with Gasteiger partial charge in [0.1, 0.15) is 11.6 Å². The lowest BCUT2D eigenvalue weighted by atomic mass is 9.99. The van der Waals surface area contributed by atoms with Crippen LogP contribution in [0.15, 0.2) is 41.3 Å². The van der Waals surface area contributed by atoms with E-state index in [1.165, 1.54) is 34.4 Å². The monoisotopic (exact) mass is 388 g/mol. The van der Waals surface area contributed by atoms with Crippen molar-refractivity contribution in [2.75, 3.05) is 27.2 Å². The van der Waals surface area contributed by atoms with Crippen molar-refractivity contribution in [2.45, 2.75) is 13.0 Å². The summed E-state index contributed by atoms with van der Waals surface area (Å²) in [4.78, 5) is 29.6. The molecule has 1 fully saturated rings. The Morgan fingerprint density at radius 2 is 2.04 bits per heavy atom. The smallest absolute Gasteiger partial charge is 0.295 e. The molecule has 1 aliphatic heterocycles. The molecule has 0 bridgehead atoms. The number of amides is 1. The second-order valence-electron chi connectivity index (χ2n) is 6.78. The molecule has 1 N–H and O–H groups in total. The van der Waals surface area contributed by atoms with Crippen molar-refractivity contribution in [3.8, 4) is 0 Å². The average Bonchev–Trinajstić information content (AvgIpc) is 3.23. The van der Waals surface area contributed by atoms with E-state index in [2.05, 4.69) is 0 Å². The molecule has 1 saturated heterocycles. The third kappa shape index (κ3) is 3.65. The second-order valence-corrected chi connectivity index (χ2v) is 7.75. The lowest BCUT2D eigenvalue weighted by molar-refractivity contribution is -0.140. The molecule has 5 nitrogen and oxygen atoms in total. The van der Waals surface area contributed by atoms with Crippen molar-refractivity contribution < 1.29 is 19.1 Å². The number of hydrogen-bond donors (Lipinski definition) is 1. The Hall–Kier alpha value is -2.51. The third-order valence-electron chi connectivity index (χ3n) is 4.57. The van der Waals surface area contributed by atoms with E-state index in [-0.39, 0.29) is 11.3 Å². The number of thiophene rings is 1. The number of ketones is 1. The molecule has 27 heavy (non-hydrogen) atoms. The molecule has 3 rings (SSSR count). The van der Waals surface area contributed by atoms with Crippen molar-refractivity contribution >= 4 is 28.8 Å². The minimum Gasteiger partial charge on any atom is -0.507 e. The highest BCUT2D eigenvalue weighted by atomic mass is 32.1. The molecule has 1 unspecified atom stereocenters. The maximum atomic E-state index is 13.6. The minimum absolute atomic E-state index is 0.0483. The van der Waals surface area contributed by atoms with Gasteiger partial charge >= 0.3 is 0 Å². The summed E-state index contributed by atoms with van der Waals surface area (Å²) in [5, 5.41) is 12.7. The summed E-state index contributed by atoms with van der Waals surface area (Å²) in [6, 6.07) is 7.17. The Kier molecular flexibility index (Phi) is 5.43. The summed E-state index contributed by atoms with van der Waals surface area (Å²) in [7, 11) is 3.77. The zero-order chi connectivity index (χ0) is 19.7. The first-order valence-corrected chi connectivity index (χ1v) is 9.42. The maximum absolute atomic E-state index is 13.6. The number of halogens is 1. The van der Waals surface area contributed by atoms with Crippen LogP contribution in [0, 0.1) is 12.7 Å². The summed E-state index contributed by atoms with van der Waals surface area (Å²) < 4.78 is 13.6. The number of benzene rings is 1. The predicted octanol–water partition coefficient (Wildman–Crippen LogP) is 3.18. The first-order chi connectivity index (χ1) is 12.8. The zero-order valence-corrected chi connectivity index (χ0v) is 16.2. The Morgan fingerprint density at radius 1 is 1.30 bits per heavy atom. The number of aliphatic hydroxyl groups excluding tert-OH is 1. The van der Waals surface area contributed by atoms with Crippen LogP contribution in [-0.4, -0.2) is 53.8 Å². The first kappa shape index (κ1) is 19.3. The third-order valence-corrected chi connectivity index (χ3v) is 5.50. The molecule has 0 radical (unpaired) electrons. The number of carbonyl (C=O) groups is 2. The van der Waals surface area contributed by atoms with E-state index >= 15 is 0 Å². The Bertz CT molecular complexity index is 906. The molecule has 2 aromatic rings. The van der Waals surface area contributed by atoms with Gasteiger partial charge in [-0.3, -0.25) is 9.59 Å². The van der Waals surface area contributed by atoms with E-state index in [0.717, 1.165) is 4.88 Å². The van der Waals surface area contributed by atoms with Gasteiger partial charge in [-0.1, -0.05) is 6.07 Å². The molecular weight excluding hydrogens is 367 g/mol. The van der Waals surface area contributed by atoms with Crippen LogP contribution in [0.4, 0.5) is 4.39 Å². The second kappa shape index (κ2) is 7.62. The van der Waals surface area contributed by atoms with E-state index in [9.17, 15) is 19.1 Å². The fraction of sp³-hybridized carbons (Fsp3) is 0.300. The van der Waals surface area contributed by atoms with Crippen LogP contribution in [0.3, 0.4) is 0 Å². The predicted molar refractivity (Wildman–Crippen MR) is 103 cm³/mol. The minimum atomic E-state index is -0.716. The largest absolute Gasteiger partial charge is 0.507 e. The van der Waals surface area contributed by atoms with Gasteiger partial charge in [0.25, 0.3) is 11.7 Å². The zero-order valence-electron chi connectivity index (χ0n) is 15.4. The van der Waals surface area contributed by atoms with Crippen molar-refractivity contribution in [1.29, 1.82) is 0 Å². The molecule has 1 atom stereocenters. The number of rotatable bonds is 5. The maximum Gasteiger partial charge on any atom is 0.295 e. The van der Waals surface area contributed by atoms with Gasteiger partial charge in [0.05, 0.1) is 11.6 Å². The molecule has 1 aromatic heterocycles. The van der Waals surface area contributed by atoms with Crippen LogP contribution in [0.1, 0.15) is 22.0 Å². The number of aryl methyl sites for hydroxylation is 1. The summed E-state index contributed by atoms with van der Waals surface area (Å²) in [6.45, 7) is 2.53. The van der Waals surface area contributed by atoms with E-state index in [1.54, 1.807) is 6.92 Å². The molecule has 0 spiro atoms. The summed E-state index contributed by atoms with van der Waals surface area (Å²) in [6.07, 6.45) is 0. The van der Waals surface area contributed by atoms with Crippen LogP contribution in [0.25, 0.3) is 5.76 Å². The van der Waals surface area contributed by atoms with Gasteiger partial charge in [0.15, 0.2) is 0 Å². The number of carbonyl (C=O) groups excluding carboxylic acids is 2. The van der Waals surface area contributed by atoms with Gasteiger partial charge in [-0.05, 0) is 56.2 Å². The van der Waals surface area contributed by atoms with E-state index in [1.807, 2.05) is 36.5 Å². The van der Waals surface area contributed by atoms with Gasteiger partial charge < -0.3 is 14.9 Å². The average molecular weight is 388 g/mol. The quantitative estimate of drug-likeness (QED) is 0.486. The molecule has 142 valence electrons. The number of nitrogens with zero attached hydrogens (tertiary/aromatic N) is 2. The molecular formula is C20H21FN2O3S. The molecule has 0 saturated carbocycles. The van der Waals surface area contributed by atoms with Crippen molar-refractivity contribution in [2.24, 2.45) is 0 Å². The normalized spacial score (nSPS) is 19.3. The molecule has 2 heterocycles. The number of Topliss-reactive ketones (excluding diaryl/α,β-unsaturated/α-hetero) is 1. The first-order valence-electron chi connectivity index (χ1n) is 8.54. The van der Waals surface area contributed by atoms with Gasteiger partial charge in [0.2, 0.25) is 0 Å². The lowest BCUT2D eigenvalue weighted by Gasteiger charge is -2.25. The van der Waals surface area contributed by atoms with Crippen LogP contribution >= 0.6 is 11.3 Å². The number of hydrogen-bond acceptors (Lipinski definition) is 5. The SMILES string of the molecule is Cc1cc(/C(O)=C2/C(=O)C(=O)N(CCN(C)C)C2c2cccs2)ccc1F. The topological polar surface area (TPSA) is 60.9 Å². The highest BCUT2D eigenvalue weighted by Crippen LogP contribution is 2.40. The van der Waals surface area contributed by atoms with Crippen LogP contribution in [-0.2, 0) is 9.59 Å². The highest BCUT2D eigenvalue weighted by molar-refractivity contribution is 7.10. The van der Waals surface area contributed by atoms with Crippen molar-refractivity contribution in [3.05, 3.63) is 63.1 Å². The van der Waals surface area contributed by atoms with Crippen LogP contribution in [0.2, 0.25) is 0 Å². The molecule has 1 aliphatic rings. The standard InChI is InChI=1S/C20H21FN2O3S/c1-12-11-13(6-7-14(12)21)18(24)16-17(15-5-4-10-27-15)23(9-8-22(2)3)20(26)19(16)25/h4-7,10-11,17,24H,8-9H2,1-3H3/b18-16-. The molecule has 1 aromatic carbocycles. The number of likely N-dealkylation sites (N-methyl/N-ethyl adjacent to an activating group) is 1. The van der Waals surface area contributed by atoms with Crippen molar-refractivity contribution in [1.82, 2.24) is 9.80 Å². The Labute approximate surface area is 161 Å². The van der Waals surface area contributed by atoms with Crippen molar-refractivity contribution in [3.63, 3.8) is 0 Å². The number of aliphatic hydroxyl groups is 1. The lowest BCUT2D eigenvalue weighted by Crippen LogP contribution is -2.35. The van der Waals surface area contributed by atoms with Crippen LogP contribution in [0.5, 0.6) is 0 Å². The molecule has 7 heteroatoms. The number of likely N-dealkylation sites (tertiary alicyclic amines) is 1. The van der Waals surface area contributed by atoms with E-state index in [4.69, 9.17) is 0 Å². The van der Waals surface area contributed by atoms with Gasteiger partial charge in [-0.25, -0.2) is 4.39 Å². The Balaban J connectivity index is 2.12. The summed E-state index contributed by atoms with van der Waals surface area (Å²) >= 11 is 1.42. The van der Waals surface area contributed by atoms with E-state index < -0.39 is 23.5 Å². The fourth-order valence-electron chi connectivity index (χ4n) is 3.11. The molecule has 0 aliphatic carbocycles. The van der Waals surface area contributed by atoms with Gasteiger partial charge in [0, 0.05) is 23.5 Å². The molecule has 1 amide bonds. The summed E-state index contributed by atoms with van der Waals surface area (Å²) in [5.41, 5.74) is 0.724. The van der Waals surface area contributed by atoms with Crippen LogP contribution < -0.4 is 0 Å². The van der Waals surface area contributed by atoms with Gasteiger partial charge in [-0.2, -0.15) is 0 Å². The van der Waals surface area contributed by atoms with Gasteiger partial charge in [-0.15, -0.1) is 11.3 Å². The van der Waals surface area contributed by atoms with E-state index in [0.29, 0.717) is 24.2 Å². The Morgan fingerprint density at radius 3 is 2.63 bits per heavy atom. The fourth-order valence-corrected chi connectivity index (χ4v) is 3.95. The summed E-state index contributed by atoms with van der Waals surface area (Å²) in [5.74, 6) is -2.02. The highest BCUT2D eigenvalue weighted by Gasteiger charge is 2.46.